The van der Waals surface area contributed by atoms with E-state index in [1.54, 1.807) is 12.1 Å². The zero-order valence-corrected chi connectivity index (χ0v) is 16.9. The van der Waals surface area contributed by atoms with E-state index in [0.29, 0.717) is 9.21 Å². The highest BCUT2D eigenvalue weighted by molar-refractivity contribution is 7.16. The summed E-state index contributed by atoms with van der Waals surface area (Å²) < 4.78 is 6.04. The van der Waals surface area contributed by atoms with Gasteiger partial charge in [-0.1, -0.05) is 60.1 Å². The predicted octanol–water partition coefficient (Wildman–Crippen LogP) is 5.46. The number of carbonyl (C=O) groups is 2. The first-order valence-corrected chi connectivity index (χ1v) is 10.3. The predicted molar refractivity (Wildman–Crippen MR) is 113 cm³/mol. The molecule has 0 saturated heterocycles. The summed E-state index contributed by atoms with van der Waals surface area (Å²) in [5, 5.41) is 11.8. The van der Waals surface area contributed by atoms with Gasteiger partial charge in [0.1, 0.15) is 6.61 Å². The first kappa shape index (κ1) is 19.5. The van der Waals surface area contributed by atoms with Crippen molar-refractivity contribution >= 4 is 35.0 Å². The van der Waals surface area contributed by atoms with Gasteiger partial charge in [0.15, 0.2) is 0 Å². The molecule has 0 aliphatic heterocycles. The maximum atomic E-state index is 12.4. The second-order valence-corrected chi connectivity index (χ2v) is 8.51. The number of alkyl carbamates (subject to hydrolysis) is 1. The lowest BCUT2D eigenvalue weighted by Crippen LogP contribution is -2.31. The van der Waals surface area contributed by atoms with Gasteiger partial charge >= 0.3 is 12.1 Å². The van der Waals surface area contributed by atoms with Crippen molar-refractivity contribution in [2.75, 3.05) is 6.61 Å². The summed E-state index contributed by atoms with van der Waals surface area (Å²) in [6.07, 6.45) is -0.899. The van der Waals surface area contributed by atoms with Crippen LogP contribution < -0.4 is 5.32 Å². The van der Waals surface area contributed by atoms with E-state index in [0.717, 1.165) is 22.3 Å². The Hall–Kier alpha value is -2.83. The Balaban J connectivity index is 1.47. The van der Waals surface area contributed by atoms with Crippen LogP contribution in [0.2, 0.25) is 4.34 Å². The summed E-state index contributed by atoms with van der Waals surface area (Å²) in [6.45, 7) is 0.171. The first-order chi connectivity index (χ1) is 14.0. The summed E-state index contributed by atoms with van der Waals surface area (Å²) >= 11 is 7.18. The molecule has 5 nitrogen and oxygen atoms in total. The number of benzene rings is 2. The molecule has 0 radical (unpaired) electrons. The number of rotatable bonds is 6. The number of amides is 1. The van der Waals surface area contributed by atoms with Gasteiger partial charge in [-0.05, 0) is 34.4 Å². The lowest BCUT2D eigenvalue weighted by molar-refractivity contribution is -0.137. The molecule has 1 heterocycles. The van der Waals surface area contributed by atoms with E-state index in [1.165, 1.54) is 11.3 Å². The van der Waals surface area contributed by atoms with Crippen LogP contribution in [-0.2, 0) is 9.53 Å². The molecule has 1 amide bonds. The van der Waals surface area contributed by atoms with Gasteiger partial charge in [0.25, 0.3) is 0 Å². The van der Waals surface area contributed by atoms with E-state index >= 15 is 0 Å². The average molecular weight is 428 g/mol. The number of thiophene rings is 1. The van der Waals surface area contributed by atoms with Crippen LogP contribution in [-0.4, -0.2) is 23.8 Å². The third-order valence-electron chi connectivity index (χ3n) is 4.95. The van der Waals surface area contributed by atoms with E-state index in [2.05, 4.69) is 17.4 Å². The minimum absolute atomic E-state index is 0.0535. The molecule has 7 heteroatoms. The van der Waals surface area contributed by atoms with Crippen LogP contribution in [0.5, 0.6) is 0 Å². The summed E-state index contributed by atoms with van der Waals surface area (Å²) in [5.41, 5.74) is 4.53. The van der Waals surface area contributed by atoms with E-state index in [-0.39, 0.29) is 18.9 Å². The van der Waals surface area contributed by atoms with Crippen molar-refractivity contribution in [1.82, 2.24) is 5.32 Å². The third-order valence-corrected chi connectivity index (χ3v) is 6.30. The summed E-state index contributed by atoms with van der Waals surface area (Å²) in [4.78, 5) is 24.3. The molecule has 2 aromatic carbocycles. The van der Waals surface area contributed by atoms with Crippen LogP contribution in [0.15, 0.2) is 60.7 Å². The van der Waals surface area contributed by atoms with Crippen molar-refractivity contribution < 1.29 is 19.4 Å². The van der Waals surface area contributed by atoms with Crippen molar-refractivity contribution in [3.05, 3.63) is 81.0 Å². The van der Waals surface area contributed by atoms with Crippen LogP contribution in [0.25, 0.3) is 11.1 Å². The van der Waals surface area contributed by atoms with E-state index in [9.17, 15) is 9.59 Å². The number of ether oxygens (including phenoxy) is 1. The molecule has 0 bridgehead atoms. The number of carbonyl (C=O) groups excluding carboxylic acids is 1. The monoisotopic (exact) mass is 427 g/mol. The standard InChI is InChI=1S/C22H18ClNO4S/c23-20-10-9-19(29-20)18(11-21(25)26)24-22(27)28-12-17-15-7-3-1-5-13(15)14-6-2-4-8-16(14)17/h1-10,17-18H,11-12H2,(H,24,27)(H,25,26). The number of hydrogen-bond acceptors (Lipinski definition) is 4. The highest BCUT2D eigenvalue weighted by Gasteiger charge is 2.29. The molecule has 1 atom stereocenters. The number of halogens is 1. The molecule has 148 valence electrons. The minimum atomic E-state index is -1.02. The van der Waals surface area contributed by atoms with Crippen LogP contribution in [0.4, 0.5) is 4.79 Å². The molecule has 4 rings (SSSR count). The number of hydrogen-bond donors (Lipinski definition) is 2. The fraction of sp³-hybridized carbons (Fsp3) is 0.182. The Morgan fingerprint density at radius 3 is 2.21 bits per heavy atom. The van der Waals surface area contributed by atoms with Crippen LogP contribution in [0, 0.1) is 0 Å². The topological polar surface area (TPSA) is 75.6 Å². The Kier molecular flexibility index (Phi) is 5.56. The summed E-state index contributed by atoms with van der Waals surface area (Å²) in [7, 11) is 0. The van der Waals surface area contributed by atoms with Crippen LogP contribution in [0.1, 0.15) is 34.4 Å². The number of carboxylic acid groups (broad SMARTS) is 1. The SMILES string of the molecule is O=C(O)CC(NC(=O)OCC1c2ccccc2-c2ccccc21)c1ccc(Cl)s1. The van der Waals surface area contributed by atoms with Gasteiger partial charge < -0.3 is 15.2 Å². The normalized spacial score (nSPS) is 13.4. The first-order valence-electron chi connectivity index (χ1n) is 9.11. The molecule has 3 aromatic rings. The number of nitrogens with one attached hydrogen (secondary N) is 1. The number of fused-ring (bicyclic) bond motifs is 3. The largest absolute Gasteiger partial charge is 0.481 e. The molecule has 0 spiro atoms. The number of aliphatic carboxylic acids is 1. The van der Waals surface area contributed by atoms with Gasteiger partial charge in [-0.2, -0.15) is 0 Å². The lowest BCUT2D eigenvalue weighted by Gasteiger charge is -2.18. The van der Waals surface area contributed by atoms with Crippen molar-refractivity contribution in [3.8, 4) is 11.1 Å². The Morgan fingerprint density at radius 2 is 1.66 bits per heavy atom. The van der Waals surface area contributed by atoms with Crippen LogP contribution >= 0.6 is 22.9 Å². The van der Waals surface area contributed by atoms with Gasteiger partial charge in [-0.15, -0.1) is 11.3 Å². The molecule has 1 aromatic heterocycles. The van der Waals surface area contributed by atoms with Gasteiger partial charge in [-0.25, -0.2) is 4.79 Å². The maximum Gasteiger partial charge on any atom is 0.407 e. The van der Waals surface area contributed by atoms with E-state index in [4.69, 9.17) is 21.4 Å². The van der Waals surface area contributed by atoms with E-state index < -0.39 is 18.1 Å². The minimum Gasteiger partial charge on any atom is -0.481 e. The second-order valence-electron chi connectivity index (χ2n) is 6.76. The zero-order valence-electron chi connectivity index (χ0n) is 15.3. The quantitative estimate of drug-likeness (QED) is 0.548. The highest BCUT2D eigenvalue weighted by Crippen LogP contribution is 2.44. The molecule has 0 saturated carbocycles. The van der Waals surface area contributed by atoms with Gasteiger partial charge in [0.05, 0.1) is 16.8 Å². The lowest BCUT2D eigenvalue weighted by atomic mass is 9.98. The molecular formula is C22H18ClNO4S. The Labute approximate surface area is 176 Å². The second kappa shape index (κ2) is 8.27. The summed E-state index contributed by atoms with van der Waals surface area (Å²) in [5.74, 6) is -1.07. The van der Waals surface area contributed by atoms with Crippen molar-refractivity contribution in [2.24, 2.45) is 0 Å². The van der Waals surface area contributed by atoms with Gasteiger partial charge in [-0.3, -0.25) is 4.79 Å². The number of carboxylic acids is 1. The highest BCUT2D eigenvalue weighted by atomic mass is 35.5. The van der Waals surface area contributed by atoms with Gasteiger partial charge in [0.2, 0.25) is 0 Å². The van der Waals surface area contributed by atoms with Crippen molar-refractivity contribution in [2.45, 2.75) is 18.4 Å². The summed E-state index contributed by atoms with van der Waals surface area (Å²) in [6, 6.07) is 18.9. The van der Waals surface area contributed by atoms with Gasteiger partial charge in [0, 0.05) is 10.8 Å². The molecule has 29 heavy (non-hydrogen) atoms. The Morgan fingerprint density at radius 1 is 1.03 bits per heavy atom. The molecular weight excluding hydrogens is 410 g/mol. The molecule has 1 aliphatic carbocycles. The average Bonchev–Trinajstić information content (AvgIpc) is 3.27. The molecule has 1 aliphatic rings. The van der Waals surface area contributed by atoms with Crippen LogP contribution in [0.3, 0.4) is 0 Å². The van der Waals surface area contributed by atoms with Crippen molar-refractivity contribution in [3.63, 3.8) is 0 Å². The fourth-order valence-electron chi connectivity index (χ4n) is 3.70. The smallest absolute Gasteiger partial charge is 0.407 e. The Bertz CT molecular complexity index is 1020. The third kappa shape index (κ3) is 4.13. The molecule has 0 fully saturated rings. The van der Waals surface area contributed by atoms with E-state index in [1.807, 2.05) is 36.4 Å². The zero-order chi connectivity index (χ0) is 20.4. The fourth-order valence-corrected chi connectivity index (χ4v) is 4.81. The van der Waals surface area contributed by atoms with Crippen molar-refractivity contribution in [1.29, 1.82) is 0 Å². The molecule has 1 unspecified atom stereocenters. The molecule has 2 N–H and O–H groups in total. The maximum absolute atomic E-state index is 12.4.